The Kier molecular flexibility index (Phi) is 3.80. The number of aromatic amines is 1. The molecular weight excluding hydrogens is 299 g/mol. The van der Waals surface area contributed by atoms with Gasteiger partial charge < -0.3 is 15.0 Å². The van der Waals surface area contributed by atoms with Crippen LogP contribution in [0.25, 0.3) is 10.9 Å². The van der Waals surface area contributed by atoms with E-state index in [4.69, 9.17) is 4.74 Å². The second-order valence-corrected chi connectivity index (χ2v) is 4.90. The molecule has 23 heavy (non-hydrogen) atoms. The highest BCUT2D eigenvalue weighted by atomic mass is 19.1. The van der Waals surface area contributed by atoms with Gasteiger partial charge in [-0.3, -0.25) is 9.59 Å². The molecule has 0 unspecified atom stereocenters. The second-order valence-electron chi connectivity index (χ2n) is 4.90. The summed E-state index contributed by atoms with van der Waals surface area (Å²) in [4.78, 5) is 27.7. The van der Waals surface area contributed by atoms with Crippen LogP contribution in [-0.2, 0) is 0 Å². The lowest BCUT2D eigenvalue weighted by Gasteiger charge is -2.07. The third-order valence-electron chi connectivity index (χ3n) is 3.43. The number of pyridine rings is 1. The van der Waals surface area contributed by atoms with Gasteiger partial charge in [-0.15, -0.1) is 0 Å². The standard InChI is InChI=1S/C17H13FN2O3/c1-23-12-6-7-15-13(8-12)16(21)14(9-19-15)17(22)20-11-4-2-10(18)3-5-11/h2-9H,1H3,(H,19,21)(H,20,22). The van der Waals surface area contributed by atoms with Crippen molar-refractivity contribution < 1.29 is 13.9 Å². The van der Waals surface area contributed by atoms with Crippen molar-refractivity contribution in [3.63, 3.8) is 0 Å². The SMILES string of the molecule is COc1ccc2[nH]cc(C(=O)Nc3ccc(F)cc3)c(=O)c2c1. The summed E-state index contributed by atoms with van der Waals surface area (Å²) < 4.78 is 18.0. The van der Waals surface area contributed by atoms with Crippen LogP contribution in [0.1, 0.15) is 10.4 Å². The number of carbonyl (C=O) groups excluding carboxylic acids is 1. The zero-order valence-corrected chi connectivity index (χ0v) is 12.2. The number of H-pyrrole nitrogens is 1. The Labute approximate surface area is 130 Å². The molecular formula is C17H13FN2O3. The Hall–Kier alpha value is -3.15. The van der Waals surface area contributed by atoms with E-state index in [-0.39, 0.29) is 5.56 Å². The quantitative estimate of drug-likeness (QED) is 0.781. The van der Waals surface area contributed by atoms with Crippen LogP contribution in [0.5, 0.6) is 5.75 Å². The average Bonchev–Trinajstić information content (AvgIpc) is 2.57. The van der Waals surface area contributed by atoms with Crippen molar-refractivity contribution in [1.29, 1.82) is 0 Å². The predicted octanol–water partition coefficient (Wildman–Crippen LogP) is 2.93. The molecule has 0 radical (unpaired) electrons. The van der Waals surface area contributed by atoms with Gasteiger partial charge in [0.25, 0.3) is 5.91 Å². The Balaban J connectivity index is 1.98. The minimum atomic E-state index is -0.567. The van der Waals surface area contributed by atoms with Crippen LogP contribution >= 0.6 is 0 Å². The lowest BCUT2D eigenvalue weighted by atomic mass is 10.1. The molecule has 1 aromatic heterocycles. The fourth-order valence-electron chi connectivity index (χ4n) is 2.22. The number of anilines is 1. The molecule has 3 rings (SSSR count). The first-order valence-corrected chi connectivity index (χ1v) is 6.85. The van der Waals surface area contributed by atoms with Crippen LogP contribution in [0.15, 0.2) is 53.5 Å². The molecule has 0 saturated carbocycles. The summed E-state index contributed by atoms with van der Waals surface area (Å²) in [5, 5.41) is 2.92. The zero-order chi connectivity index (χ0) is 16.4. The summed E-state index contributed by atoms with van der Waals surface area (Å²) in [5.74, 6) is -0.444. The highest BCUT2D eigenvalue weighted by Crippen LogP contribution is 2.17. The summed E-state index contributed by atoms with van der Waals surface area (Å²) in [6, 6.07) is 10.3. The van der Waals surface area contributed by atoms with Gasteiger partial charge >= 0.3 is 0 Å². The van der Waals surface area contributed by atoms with Crippen molar-refractivity contribution in [2.45, 2.75) is 0 Å². The molecule has 5 nitrogen and oxygen atoms in total. The van der Waals surface area contributed by atoms with Gasteiger partial charge in [0.2, 0.25) is 5.43 Å². The molecule has 1 amide bonds. The minimum Gasteiger partial charge on any atom is -0.497 e. The van der Waals surface area contributed by atoms with E-state index in [1.807, 2.05) is 0 Å². The monoisotopic (exact) mass is 312 g/mol. The molecule has 2 N–H and O–H groups in total. The van der Waals surface area contributed by atoms with E-state index in [1.54, 1.807) is 18.2 Å². The number of nitrogens with one attached hydrogen (secondary N) is 2. The lowest BCUT2D eigenvalue weighted by Crippen LogP contribution is -2.21. The number of fused-ring (bicyclic) bond motifs is 1. The maximum Gasteiger partial charge on any atom is 0.261 e. The number of methoxy groups -OCH3 is 1. The van der Waals surface area contributed by atoms with Crippen LogP contribution < -0.4 is 15.5 Å². The molecule has 0 fully saturated rings. The van der Waals surface area contributed by atoms with E-state index in [1.165, 1.54) is 37.6 Å². The van der Waals surface area contributed by atoms with Crippen LogP contribution in [0.4, 0.5) is 10.1 Å². The highest BCUT2D eigenvalue weighted by Gasteiger charge is 2.13. The Morgan fingerprint density at radius 3 is 2.61 bits per heavy atom. The Bertz CT molecular complexity index is 933. The molecule has 0 spiro atoms. The molecule has 0 aliphatic carbocycles. The average molecular weight is 312 g/mol. The van der Waals surface area contributed by atoms with Gasteiger partial charge in [0.05, 0.1) is 7.11 Å². The Morgan fingerprint density at radius 2 is 1.91 bits per heavy atom. The first-order chi connectivity index (χ1) is 11.1. The van der Waals surface area contributed by atoms with Crippen molar-refractivity contribution >= 4 is 22.5 Å². The van der Waals surface area contributed by atoms with Crippen molar-refractivity contribution in [3.8, 4) is 5.75 Å². The lowest BCUT2D eigenvalue weighted by molar-refractivity contribution is 0.102. The fraction of sp³-hybridized carbons (Fsp3) is 0.0588. The summed E-state index contributed by atoms with van der Waals surface area (Å²) in [7, 11) is 1.50. The van der Waals surface area contributed by atoms with E-state index in [9.17, 15) is 14.0 Å². The number of rotatable bonds is 3. The smallest absolute Gasteiger partial charge is 0.261 e. The maximum absolute atomic E-state index is 12.9. The summed E-state index contributed by atoms with van der Waals surface area (Å²) in [5.41, 5.74) is 0.572. The molecule has 0 saturated heterocycles. The number of halogens is 1. The highest BCUT2D eigenvalue weighted by molar-refractivity contribution is 6.05. The number of hydrogen-bond acceptors (Lipinski definition) is 3. The number of benzene rings is 2. The summed E-state index contributed by atoms with van der Waals surface area (Å²) >= 11 is 0. The van der Waals surface area contributed by atoms with Gasteiger partial charge in [0.1, 0.15) is 17.1 Å². The number of carbonyl (C=O) groups is 1. The van der Waals surface area contributed by atoms with Crippen molar-refractivity contribution in [2.75, 3.05) is 12.4 Å². The van der Waals surface area contributed by atoms with Crippen LogP contribution in [0.3, 0.4) is 0 Å². The van der Waals surface area contributed by atoms with Crippen LogP contribution in [-0.4, -0.2) is 18.0 Å². The van der Waals surface area contributed by atoms with E-state index in [0.717, 1.165) is 0 Å². The van der Waals surface area contributed by atoms with Gasteiger partial charge in [0.15, 0.2) is 0 Å². The topological polar surface area (TPSA) is 71.2 Å². The van der Waals surface area contributed by atoms with E-state index < -0.39 is 17.2 Å². The van der Waals surface area contributed by atoms with Crippen LogP contribution in [0, 0.1) is 5.82 Å². The van der Waals surface area contributed by atoms with Crippen molar-refractivity contribution in [1.82, 2.24) is 4.98 Å². The molecule has 0 atom stereocenters. The van der Waals surface area contributed by atoms with Gasteiger partial charge in [-0.05, 0) is 42.5 Å². The van der Waals surface area contributed by atoms with E-state index in [0.29, 0.717) is 22.3 Å². The van der Waals surface area contributed by atoms with Gasteiger partial charge in [-0.25, -0.2) is 4.39 Å². The van der Waals surface area contributed by atoms with E-state index in [2.05, 4.69) is 10.3 Å². The number of hydrogen-bond donors (Lipinski definition) is 2. The molecule has 116 valence electrons. The van der Waals surface area contributed by atoms with E-state index >= 15 is 0 Å². The number of aromatic nitrogens is 1. The molecule has 1 heterocycles. The summed E-state index contributed by atoms with van der Waals surface area (Å²) in [6.07, 6.45) is 1.36. The number of amides is 1. The van der Waals surface area contributed by atoms with Gasteiger partial charge in [0, 0.05) is 22.8 Å². The first kappa shape index (κ1) is 14.8. The van der Waals surface area contributed by atoms with Crippen LogP contribution in [0.2, 0.25) is 0 Å². The molecule has 0 bridgehead atoms. The molecule has 3 aromatic rings. The van der Waals surface area contributed by atoms with Crippen molar-refractivity contribution in [2.24, 2.45) is 0 Å². The molecule has 2 aromatic carbocycles. The molecule has 6 heteroatoms. The Morgan fingerprint density at radius 1 is 1.17 bits per heavy atom. The maximum atomic E-state index is 12.9. The van der Waals surface area contributed by atoms with Gasteiger partial charge in [-0.1, -0.05) is 0 Å². The zero-order valence-electron chi connectivity index (χ0n) is 12.2. The van der Waals surface area contributed by atoms with Crippen molar-refractivity contribution in [3.05, 3.63) is 70.3 Å². The predicted molar refractivity (Wildman–Crippen MR) is 85.5 cm³/mol. The van der Waals surface area contributed by atoms with Gasteiger partial charge in [-0.2, -0.15) is 0 Å². The first-order valence-electron chi connectivity index (χ1n) is 6.85. The molecule has 0 aliphatic rings. The normalized spacial score (nSPS) is 10.5. The largest absolute Gasteiger partial charge is 0.497 e. The fourth-order valence-corrected chi connectivity index (χ4v) is 2.22. The second kappa shape index (κ2) is 5.92. The molecule has 0 aliphatic heterocycles. The third kappa shape index (κ3) is 2.91. The third-order valence-corrected chi connectivity index (χ3v) is 3.43. The number of ether oxygens (including phenoxy) is 1. The minimum absolute atomic E-state index is 0.0323. The summed E-state index contributed by atoms with van der Waals surface area (Å²) in [6.45, 7) is 0.